The van der Waals surface area contributed by atoms with Crippen LogP contribution in [0.25, 0.3) is 109 Å². The Balaban J connectivity index is 1.14. The Bertz CT molecular complexity index is 3150. The summed E-state index contributed by atoms with van der Waals surface area (Å²) in [5, 5.41) is 12.5. The van der Waals surface area contributed by atoms with Crippen LogP contribution in [0, 0.1) is 0 Å². The van der Waals surface area contributed by atoms with Gasteiger partial charge in [-0.15, -0.1) is 11.3 Å². The average Bonchev–Trinajstić information content (AvgIpc) is 3.59. The van der Waals surface area contributed by atoms with Crippen LogP contribution in [0.3, 0.4) is 0 Å². The van der Waals surface area contributed by atoms with Crippen molar-refractivity contribution >= 4 is 74.6 Å². The summed E-state index contributed by atoms with van der Waals surface area (Å²) < 4.78 is 2.67. The molecule has 0 saturated carbocycles. The maximum absolute atomic E-state index is 5.19. The Hall–Kier alpha value is -6.49. The number of hydrogen-bond acceptors (Lipinski definition) is 4. The Labute approximate surface area is 297 Å². The molecular formula is C47H27N3S. The second-order valence-corrected chi connectivity index (χ2v) is 14.2. The maximum atomic E-state index is 5.19. The van der Waals surface area contributed by atoms with Gasteiger partial charge in [-0.2, -0.15) is 0 Å². The predicted molar refractivity (Wildman–Crippen MR) is 216 cm³/mol. The van der Waals surface area contributed by atoms with E-state index < -0.39 is 0 Å². The Morgan fingerprint density at radius 1 is 0.314 bits per heavy atom. The van der Waals surface area contributed by atoms with Crippen LogP contribution in [0.4, 0.5) is 0 Å². The van der Waals surface area contributed by atoms with Crippen molar-refractivity contribution in [2.45, 2.75) is 0 Å². The summed E-state index contributed by atoms with van der Waals surface area (Å²) in [6.07, 6.45) is 0. The highest BCUT2D eigenvalue weighted by molar-refractivity contribution is 7.26. The molecule has 51 heavy (non-hydrogen) atoms. The third-order valence-corrected chi connectivity index (χ3v) is 11.4. The summed E-state index contributed by atoms with van der Waals surface area (Å²) >= 11 is 1.88. The van der Waals surface area contributed by atoms with Crippen LogP contribution >= 0.6 is 11.3 Å². The molecule has 0 N–H and O–H groups in total. The van der Waals surface area contributed by atoms with Crippen LogP contribution in [0.1, 0.15) is 0 Å². The standard InChI is InChI=1S/C47H27N3S/c1-2-12-30-26-33(25-24-28(30)10-1)46-48-45(49-47(50-46)38-20-6-13-29-11-3-4-16-34(29)38)32-15-5-14-31(27-32)35-17-7-18-36-37-19-8-22-40-43(37)44-39(42(35)36)21-9-23-41(44)51-40/h1-27H. The van der Waals surface area contributed by atoms with E-state index in [4.69, 9.17) is 15.0 Å². The van der Waals surface area contributed by atoms with E-state index in [1.165, 1.54) is 52.7 Å². The van der Waals surface area contributed by atoms with Crippen LogP contribution in [0.5, 0.6) is 0 Å². The molecule has 0 aliphatic carbocycles. The highest BCUT2D eigenvalue weighted by Gasteiger charge is 2.19. The summed E-state index contributed by atoms with van der Waals surface area (Å²) in [4.78, 5) is 15.5. The summed E-state index contributed by atoms with van der Waals surface area (Å²) in [5.41, 5.74) is 5.23. The SMILES string of the molecule is c1cc(-c2nc(-c3ccc4ccccc4c3)nc(-c3cccc4ccccc34)n2)cc(-c2cccc3c4cccc5sc6cccc(c23)c6c54)c1. The second kappa shape index (κ2) is 11.0. The molecule has 0 spiro atoms. The monoisotopic (exact) mass is 665 g/mol. The smallest absolute Gasteiger partial charge is 0.164 e. The summed E-state index contributed by atoms with van der Waals surface area (Å²) in [6, 6.07) is 58.4. The molecule has 9 aromatic carbocycles. The number of aromatic nitrogens is 3. The van der Waals surface area contributed by atoms with Gasteiger partial charge in [0.05, 0.1) is 0 Å². The summed E-state index contributed by atoms with van der Waals surface area (Å²) in [7, 11) is 0. The van der Waals surface area contributed by atoms with E-state index in [1.54, 1.807) is 0 Å². The zero-order valence-corrected chi connectivity index (χ0v) is 28.2. The van der Waals surface area contributed by atoms with Crippen molar-refractivity contribution in [2.75, 3.05) is 0 Å². The minimum absolute atomic E-state index is 0.648. The van der Waals surface area contributed by atoms with E-state index >= 15 is 0 Å². The highest BCUT2D eigenvalue weighted by atomic mass is 32.1. The molecule has 11 rings (SSSR count). The minimum atomic E-state index is 0.648. The zero-order valence-electron chi connectivity index (χ0n) is 27.3. The van der Waals surface area contributed by atoms with E-state index in [9.17, 15) is 0 Å². The van der Waals surface area contributed by atoms with Crippen LogP contribution < -0.4 is 0 Å². The normalized spacial score (nSPS) is 11.9. The lowest BCUT2D eigenvalue weighted by atomic mass is 9.89. The van der Waals surface area contributed by atoms with Crippen molar-refractivity contribution in [1.29, 1.82) is 0 Å². The fourth-order valence-corrected chi connectivity index (χ4v) is 9.09. The first-order chi connectivity index (χ1) is 25.3. The van der Waals surface area contributed by atoms with Crippen LogP contribution in [-0.2, 0) is 0 Å². The number of thiophene rings is 1. The topological polar surface area (TPSA) is 38.7 Å². The van der Waals surface area contributed by atoms with Crippen molar-refractivity contribution < 1.29 is 0 Å². The number of benzene rings is 9. The van der Waals surface area contributed by atoms with Gasteiger partial charge in [0.15, 0.2) is 17.5 Å². The summed E-state index contributed by atoms with van der Waals surface area (Å²) in [6.45, 7) is 0. The van der Waals surface area contributed by atoms with Gasteiger partial charge in [0.2, 0.25) is 0 Å². The molecule has 0 amide bonds. The molecular weight excluding hydrogens is 639 g/mol. The number of hydrogen-bond donors (Lipinski definition) is 0. The van der Waals surface area contributed by atoms with Crippen LogP contribution in [0.15, 0.2) is 164 Å². The van der Waals surface area contributed by atoms with Crippen molar-refractivity contribution in [3.05, 3.63) is 164 Å². The second-order valence-electron chi connectivity index (χ2n) is 13.2. The third kappa shape index (κ3) is 4.40. The molecule has 0 bridgehead atoms. The molecule has 0 saturated heterocycles. The molecule has 0 radical (unpaired) electrons. The molecule has 3 nitrogen and oxygen atoms in total. The van der Waals surface area contributed by atoms with Crippen LogP contribution in [0.2, 0.25) is 0 Å². The third-order valence-electron chi connectivity index (χ3n) is 10.3. The quantitative estimate of drug-likeness (QED) is 0.176. The van der Waals surface area contributed by atoms with Gasteiger partial charge in [0, 0.05) is 36.9 Å². The number of fused-ring (bicyclic) bond motifs is 5. The largest absolute Gasteiger partial charge is 0.208 e. The van der Waals surface area contributed by atoms with Gasteiger partial charge in [-0.1, -0.05) is 140 Å². The molecule has 11 aromatic rings. The minimum Gasteiger partial charge on any atom is -0.208 e. The molecule has 4 heteroatoms. The van der Waals surface area contributed by atoms with Gasteiger partial charge in [-0.05, 0) is 78.5 Å². The van der Waals surface area contributed by atoms with Gasteiger partial charge >= 0.3 is 0 Å². The van der Waals surface area contributed by atoms with Gasteiger partial charge in [0.1, 0.15) is 0 Å². The van der Waals surface area contributed by atoms with E-state index in [1.807, 2.05) is 11.3 Å². The fourth-order valence-electron chi connectivity index (χ4n) is 7.94. The van der Waals surface area contributed by atoms with E-state index in [0.29, 0.717) is 17.5 Å². The molecule has 0 aliphatic heterocycles. The van der Waals surface area contributed by atoms with Crippen molar-refractivity contribution in [3.63, 3.8) is 0 Å². The Morgan fingerprint density at radius 2 is 0.863 bits per heavy atom. The number of nitrogens with zero attached hydrogens (tertiary/aromatic N) is 3. The first-order valence-electron chi connectivity index (χ1n) is 17.2. The van der Waals surface area contributed by atoms with E-state index in [-0.39, 0.29) is 0 Å². The van der Waals surface area contributed by atoms with Crippen molar-refractivity contribution in [2.24, 2.45) is 0 Å². The molecule has 236 valence electrons. The Kier molecular flexibility index (Phi) is 6.12. The molecule has 0 fully saturated rings. The maximum Gasteiger partial charge on any atom is 0.164 e. The lowest BCUT2D eigenvalue weighted by Gasteiger charge is -2.14. The van der Waals surface area contributed by atoms with Gasteiger partial charge in [-0.25, -0.2) is 15.0 Å². The lowest BCUT2D eigenvalue weighted by molar-refractivity contribution is 1.08. The first-order valence-corrected chi connectivity index (χ1v) is 18.0. The zero-order chi connectivity index (χ0) is 33.5. The molecule has 2 aromatic heterocycles. The predicted octanol–water partition coefficient (Wildman–Crippen LogP) is 13.0. The van der Waals surface area contributed by atoms with Crippen molar-refractivity contribution in [3.8, 4) is 45.3 Å². The van der Waals surface area contributed by atoms with Gasteiger partial charge < -0.3 is 0 Å². The Morgan fingerprint density at radius 3 is 1.71 bits per heavy atom. The summed E-state index contributed by atoms with van der Waals surface area (Å²) in [5.74, 6) is 1.96. The molecule has 2 heterocycles. The lowest BCUT2D eigenvalue weighted by Crippen LogP contribution is -2.00. The average molecular weight is 666 g/mol. The van der Waals surface area contributed by atoms with Gasteiger partial charge in [0.25, 0.3) is 0 Å². The van der Waals surface area contributed by atoms with E-state index in [0.717, 1.165) is 38.4 Å². The molecule has 0 unspecified atom stereocenters. The van der Waals surface area contributed by atoms with Crippen LogP contribution in [-0.4, -0.2) is 15.0 Å². The number of rotatable bonds is 4. The van der Waals surface area contributed by atoms with E-state index in [2.05, 4.69) is 164 Å². The molecule has 0 atom stereocenters. The highest BCUT2D eigenvalue weighted by Crippen LogP contribution is 2.47. The fraction of sp³-hybridized carbons (Fsp3) is 0. The van der Waals surface area contributed by atoms with Crippen molar-refractivity contribution in [1.82, 2.24) is 15.0 Å². The molecule has 0 aliphatic rings. The first kappa shape index (κ1) is 28.4. The van der Waals surface area contributed by atoms with Gasteiger partial charge in [-0.3, -0.25) is 0 Å².